The van der Waals surface area contributed by atoms with Gasteiger partial charge in [-0.2, -0.15) is 0 Å². The smallest absolute Gasteiger partial charge is 0.455 e. The molecule has 0 bridgehead atoms. The number of aryl methyl sites for hydroxylation is 2. The van der Waals surface area contributed by atoms with Gasteiger partial charge >= 0.3 is 82.5 Å². The summed E-state index contributed by atoms with van der Waals surface area (Å²) in [4.78, 5) is 19.6. The molecule has 102 heavy (non-hydrogen) atoms. The molecule has 0 N–H and O–H groups in total. The molecule has 12 aliphatic carbocycles. The van der Waals surface area contributed by atoms with Gasteiger partial charge in [-0.05, 0) is 163 Å². The van der Waals surface area contributed by atoms with Gasteiger partial charge in [0.25, 0.3) is 0 Å². The van der Waals surface area contributed by atoms with Crippen molar-refractivity contribution in [1.82, 2.24) is 0 Å². The number of benzene rings is 1. The van der Waals surface area contributed by atoms with Crippen LogP contribution in [0.3, 0.4) is 0 Å². The van der Waals surface area contributed by atoms with E-state index >= 15 is 0 Å². The van der Waals surface area contributed by atoms with E-state index in [4.69, 9.17) is 50.7 Å². The second kappa shape index (κ2) is 56.2. The van der Waals surface area contributed by atoms with Gasteiger partial charge in [0.1, 0.15) is 0 Å². The number of amidine groups is 4. The maximum atomic E-state index is 4.94. The molecule has 2 aliphatic heterocycles. The molecule has 0 amide bonds. The Bertz CT molecular complexity index is 2370. The van der Waals surface area contributed by atoms with Crippen molar-refractivity contribution >= 4 is 23.3 Å². The van der Waals surface area contributed by atoms with Crippen LogP contribution in [0.5, 0.6) is 0 Å². The fraction of sp³-hybridized carbons (Fsp3) is 0.795. The van der Waals surface area contributed by atoms with Crippen molar-refractivity contribution < 1.29 is 92.0 Å². The van der Waals surface area contributed by atoms with Crippen molar-refractivity contribution in [2.45, 2.75) is 396 Å². The van der Waals surface area contributed by atoms with E-state index in [1.165, 1.54) is 345 Å². The zero-order valence-corrected chi connectivity index (χ0v) is 67.8. The van der Waals surface area contributed by atoms with Gasteiger partial charge in [-0.15, -0.1) is 0 Å². The van der Waals surface area contributed by atoms with Gasteiger partial charge in [0.2, 0.25) is 0 Å². The molecule has 0 spiro atoms. The zero-order chi connectivity index (χ0) is 67.5. The summed E-state index contributed by atoms with van der Waals surface area (Å²) < 4.78 is 9.89. The molecule has 14 fully saturated rings. The van der Waals surface area contributed by atoms with Gasteiger partial charge < -0.3 is 50.7 Å². The molecule has 0 atom stereocenters. The second-order valence-corrected chi connectivity index (χ2v) is 31.6. The van der Waals surface area contributed by atoms with Gasteiger partial charge in [0, 0.05) is 50.1 Å². The van der Waals surface area contributed by atoms with Crippen molar-refractivity contribution in [3.8, 4) is 47.4 Å². The minimum absolute atomic E-state index is 0. The summed E-state index contributed by atoms with van der Waals surface area (Å²) in [5, 5.41) is 19.6. The van der Waals surface area contributed by atoms with E-state index in [0.717, 1.165) is 49.8 Å². The molecule has 0 aromatic heterocycles. The molecule has 2 saturated heterocycles. The second-order valence-electron chi connectivity index (χ2n) is 31.6. The Kier molecular flexibility index (Phi) is 49.9. The largest absolute Gasteiger partial charge is 1.00 e. The summed E-state index contributed by atoms with van der Waals surface area (Å²) in [5.41, 5.74) is 2.66. The minimum Gasteiger partial charge on any atom is -0.455 e. The van der Waals surface area contributed by atoms with Crippen molar-refractivity contribution in [3.63, 3.8) is 0 Å². The molecule has 15 rings (SSSR count). The normalized spacial score (nSPS) is 23.4. The summed E-state index contributed by atoms with van der Waals surface area (Å²) >= 11 is 0. The van der Waals surface area contributed by atoms with Crippen molar-refractivity contribution in [3.05, 3.63) is 56.7 Å². The van der Waals surface area contributed by atoms with Crippen LogP contribution in [0.2, 0.25) is 0 Å². The first kappa shape index (κ1) is 90.6. The predicted molar refractivity (Wildman–Crippen MR) is 416 cm³/mol. The van der Waals surface area contributed by atoms with E-state index in [0.29, 0.717) is 72.0 Å². The summed E-state index contributed by atoms with van der Waals surface area (Å²) in [6.45, 7) is 8.19. The summed E-state index contributed by atoms with van der Waals surface area (Å²) in [7, 11) is 0. The fourth-order valence-electron chi connectivity index (χ4n) is 14.7. The van der Waals surface area contributed by atoms with Gasteiger partial charge in [-0.1, -0.05) is 340 Å². The maximum absolute atomic E-state index is 4.94. The third-order valence-electron chi connectivity index (χ3n) is 21.8. The first-order valence-corrected chi connectivity index (χ1v) is 41.8. The summed E-state index contributed by atoms with van der Waals surface area (Å²) in [5.74, 6) is 32.8. The Labute approximate surface area is 679 Å². The monoisotopic (exact) mass is 1560 g/mol. The first-order valence-electron chi connectivity index (χ1n) is 41.8. The van der Waals surface area contributed by atoms with Crippen LogP contribution in [0.4, 0.5) is 0 Å². The zero-order valence-electron chi connectivity index (χ0n) is 64.8. The van der Waals surface area contributed by atoms with Crippen LogP contribution in [0.15, 0.2) is 44.2 Å². The van der Waals surface area contributed by atoms with Crippen LogP contribution in [0, 0.1) is 84.9 Å². The molecule has 1 aromatic carbocycles. The van der Waals surface area contributed by atoms with Crippen LogP contribution in [-0.2, 0) is 54.2 Å². The molecule has 14 aliphatic rings. The Morgan fingerprint density at radius 2 is 0.441 bits per heavy atom. The number of nitrogens with zero attached hydrogens (tertiary/aromatic N) is 8. The van der Waals surface area contributed by atoms with Crippen LogP contribution < -0.4 is 37.7 Å². The SMILES string of the molecule is C(#CC1CC1)C(=NC1CCCCC1)[N-]C1CCCCC1.C(#CC1CC1)C(=NC1CCCCC1)[N-]C1CCCCC1.C(#CC1CC1)C(=NC1CCCCC1)[N-]C1CCCCC1.C(#CC1CC1)C(=NC1CCCCC1)[N-]C1CCCCC1.C1CCOC1.C1CCOC1.Cc1ccc(C)cc1.[Ag+].[Ag+].[Li+].[Li+]. The molecular weight excluding hydrogens is 1430 g/mol. The third-order valence-corrected chi connectivity index (χ3v) is 21.8. The van der Waals surface area contributed by atoms with Crippen molar-refractivity contribution in [2.24, 2.45) is 43.6 Å². The molecule has 0 unspecified atom stereocenters. The predicted octanol–water partition coefficient (Wildman–Crippen LogP) is 17.2. The quantitative estimate of drug-likeness (QED) is 0.111. The number of hydrogen-bond donors (Lipinski definition) is 0. The Balaban J connectivity index is 0.000000223. The van der Waals surface area contributed by atoms with Gasteiger partial charge in [-0.25, -0.2) is 0 Å². The molecule has 10 nitrogen and oxygen atoms in total. The van der Waals surface area contributed by atoms with Crippen molar-refractivity contribution in [1.29, 1.82) is 0 Å². The van der Waals surface area contributed by atoms with Crippen molar-refractivity contribution in [2.75, 3.05) is 26.4 Å². The molecule has 562 valence electrons. The Hall–Kier alpha value is -2.06. The van der Waals surface area contributed by atoms with Crippen LogP contribution in [0.25, 0.3) is 21.3 Å². The number of rotatable bonds is 8. The van der Waals surface area contributed by atoms with Crippen LogP contribution in [0.1, 0.15) is 345 Å². The first-order chi connectivity index (χ1) is 48.4. The molecule has 12 saturated carbocycles. The Morgan fingerprint density at radius 1 is 0.265 bits per heavy atom. The standard InChI is InChI=1S/4C18H27N2.C8H10.2C4H8O.2Ag.2Li/c4*1-3-7-16(8-4-1)19-18(14-13-15-11-12-15)20-17-9-5-2-6-10-17;1-7-3-5-8(2)6-4-7;2*1-2-4-5-3-1;;;;/h4*15-17H,1-12H2;3-6H,1-2H3;2*1-4H2;;;;/q4*-1;;;;4*+1. The maximum Gasteiger partial charge on any atom is 1.00 e. The molecular formula is C88H134Ag2Li2N8O2. The van der Waals surface area contributed by atoms with E-state index in [2.05, 4.69) is 85.5 Å². The van der Waals surface area contributed by atoms with E-state index in [1.54, 1.807) is 0 Å². The number of hydrogen-bond acceptors (Lipinski definition) is 6. The number of aliphatic imine (C=N–C) groups is 4. The minimum atomic E-state index is 0. The fourth-order valence-corrected chi connectivity index (χ4v) is 14.7. The molecule has 0 radical (unpaired) electrons. The van der Waals surface area contributed by atoms with Crippen LogP contribution in [-0.4, -0.2) is 98.1 Å². The Morgan fingerprint density at radius 3 is 0.598 bits per heavy atom. The van der Waals surface area contributed by atoms with Gasteiger partial charge in [-0.3, -0.25) is 0 Å². The van der Waals surface area contributed by atoms with E-state index < -0.39 is 0 Å². The van der Waals surface area contributed by atoms with Gasteiger partial charge in [0.05, 0.1) is 0 Å². The third kappa shape index (κ3) is 43.2. The van der Waals surface area contributed by atoms with E-state index in [-0.39, 0.29) is 82.5 Å². The van der Waals surface area contributed by atoms with Gasteiger partial charge in [0.15, 0.2) is 0 Å². The average molecular weight is 1570 g/mol. The summed E-state index contributed by atoms with van der Waals surface area (Å²) in [6.07, 6.45) is 67.7. The van der Waals surface area contributed by atoms with E-state index in [1.807, 2.05) is 0 Å². The van der Waals surface area contributed by atoms with Crippen LogP contribution >= 0.6 is 0 Å². The molecule has 14 heteroatoms. The summed E-state index contributed by atoms with van der Waals surface area (Å²) in [6, 6.07) is 12.5. The molecule has 2 heterocycles. The molecule has 1 aromatic rings. The van der Waals surface area contributed by atoms with E-state index in [9.17, 15) is 0 Å². The average Bonchev–Trinajstić information content (AvgIpc) is 2.09. The topological polar surface area (TPSA) is 124 Å². The number of ether oxygens (including phenoxy) is 2.